The highest BCUT2D eigenvalue weighted by molar-refractivity contribution is 5.70. The Hall–Kier alpha value is -2.96. The van der Waals surface area contributed by atoms with Gasteiger partial charge in [-0.2, -0.15) is 0 Å². The summed E-state index contributed by atoms with van der Waals surface area (Å²) < 4.78 is 30.3. The van der Waals surface area contributed by atoms with Gasteiger partial charge in [-0.1, -0.05) is 38.2 Å². The fourth-order valence-electron chi connectivity index (χ4n) is 5.35. The zero-order valence-electron chi connectivity index (χ0n) is 26.7. The molecule has 0 bridgehead atoms. The molecule has 44 heavy (non-hydrogen) atoms. The number of alkyl halides is 1. The second-order valence-corrected chi connectivity index (χ2v) is 12.7. The molecule has 0 aliphatic carbocycles. The van der Waals surface area contributed by atoms with Gasteiger partial charge in [0.05, 0.1) is 25.7 Å². The number of esters is 1. The first-order chi connectivity index (χ1) is 20.7. The molecule has 0 aromatic rings. The highest BCUT2D eigenvalue weighted by Crippen LogP contribution is 2.27. The Morgan fingerprint density at radius 3 is 2.52 bits per heavy atom. The summed E-state index contributed by atoms with van der Waals surface area (Å²) in [6.07, 6.45) is 4.43. The van der Waals surface area contributed by atoms with E-state index < -0.39 is 48.2 Å². The number of ether oxygens (including phenoxy) is 3. The fourth-order valence-corrected chi connectivity index (χ4v) is 5.35. The lowest BCUT2D eigenvalue weighted by atomic mass is 9.89. The molecular formula is C32H50FN3O8. The van der Waals surface area contributed by atoms with E-state index in [1.54, 1.807) is 36.1 Å². The monoisotopic (exact) mass is 623 g/mol. The van der Waals surface area contributed by atoms with Crippen molar-refractivity contribution >= 4 is 18.2 Å². The molecule has 2 fully saturated rings. The summed E-state index contributed by atoms with van der Waals surface area (Å²) in [4.78, 5) is 43.0. The molecule has 0 radical (unpaired) electrons. The van der Waals surface area contributed by atoms with E-state index in [1.807, 2.05) is 33.9 Å². The van der Waals surface area contributed by atoms with Gasteiger partial charge < -0.3 is 39.1 Å². The van der Waals surface area contributed by atoms with E-state index in [9.17, 15) is 29.0 Å². The van der Waals surface area contributed by atoms with Crippen LogP contribution in [-0.2, 0) is 19.0 Å². The number of halogens is 1. The van der Waals surface area contributed by atoms with Crippen molar-refractivity contribution in [3.8, 4) is 0 Å². The van der Waals surface area contributed by atoms with Crippen molar-refractivity contribution in [2.75, 3.05) is 52.9 Å². The van der Waals surface area contributed by atoms with E-state index >= 15 is 0 Å². The van der Waals surface area contributed by atoms with Gasteiger partial charge in [-0.15, -0.1) is 0 Å². The van der Waals surface area contributed by atoms with Crippen molar-refractivity contribution in [2.45, 2.75) is 83.5 Å². The average Bonchev–Trinajstić information content (AvgIpc) is 3.41. The Bertz CT molecular complexity index is 1070. The van der Waals surface area contributed by atoms with Crippen LogP contribution in [0.4, 0.5) is 14.0 Å². The summed E-state index contributed by atoms with van der Waals surface area (Å²) in [6.45, 7) is 10.2. The maximum atomic E-state index is 13.4. The summed E-state index contributed by atoms with van der Waals surface area (Å²) in [6, 6.07) is 0. The van der Waals surface area contributed by atoms with E-state index in [-0.39, 0.29) is 44.2 Å². The maximum absolute atomic E-state index is 13.4. The lowest BCUT2D eigenvalue weighted by molar-refractivity contribution is -0.151. The largest absolute Gasteiger partial charge is 0.457 e. The Morgan fingerprint density at radius 2 is 1.86 bits per heavy atom. The number of aliphatic hydroxyl groups excluding tert-OH is 1. The van der Waals surface area contributed by atoms with Crippen molar-refractivity contribution in [1.82, 2.24) is 14.7 Å². The predicted octanol–water partition coefficient (Wildman–Crippen LogP) is 3.46. The van der Waals surface area contributed by atoms with E-state index in [4.69, 9.17) is 14.2 Å². The molecule has 0 aromatic heterocycles. The molecule has 0 unspecified atom stereocenters. The van der Waals surface area contributed by atoms with Gasteiger partial charge in [0.15, 0.2) is 6.10 Å². The number of amides is 2. The van der Waals surface area contributed by atoms with Gasteiger partial charge in [0.25, 0.3) is 0 Å². The number of aliphatic hydroxyl groups is 2. The molecule has 3 heterocycles. The highest BCUT2D eigenvalue weighted by atomic mass is 19.1. The first kappa shape index (κ1) is 35.5. The average molecular weight is 624 g/mol. The van der Waals surface area contributed by atoms with Crippen LogP contribution in [0, 0.1) is 11.8 Å². The third-order valence-electron chi connectivity index (χ3n) is 8.42. The van der Waals surface area contributed by atoms with E-state index in [1.165, 1.54) is 4.90 Å². The molecule has 248 valence electrons. The van der Waals surface area contributed by atoms with Crippen LogP contribution in [0.1, 0.15) is 53.4 Å². The standard InChI is InChI=1S/C32H50FN3O8/c1-22(21-42-30(39)36-14-12-25(33)20-36)7-6-8-23(2)29-24(3)9-10-27(43-31(40)35-17-15-34(5)16-18-35)32(4,41)13-11-26(37)19-28(38)44-29/h6-10,22,24-27,29,37,41H,11-21H2,1-5H3/b7-6+,10-9-,23-8+/t22-,24+,25+,26-,27+,29-,32-/m1/s1. The SMILES string of the molecule is C/C(=C\C=C\[C@@H](C)COC(=O)N1CC[C@H](F)C1)[C@H]1OC(=O)C[C@H](O)CC[C@@](C)(O)[C@@H](OC(=O)N2CCN(C)CC2)/C=C\[C@@H]1C. The van der Waals surface area contributed by atoms with Crippen molar-refractivity contribution < 1.29 is 43.2 Å². The molecule has 3 aliphatic heterocycles. The number of piperazine rings is 1. The second kappa shape index (κ2) is 16.4. The first-order valence-corrected chi connectivity index (χ1v) is 15.6. The number of nitrogens with zero attached hydrogens (tertiary/aromatic N) is 3. The summed E-state index contributed by atoms with van der Waals surface area (Å²) >= 11 is 0. The van der Waals surface area contributed by atoms with E-state index in [0.29, 0.717) is 26.1 Å². The minimum Gasteiger partial charge on any atom is -0.457 e. The molecular weight excluding hydrogens is 573 g/mol. The number of rotatable bonds is 6. The molecule has 12 heteroatoms. The highest BCUT2D eigenvalue weighted by Gasteiger charge is 2.37. The van der Waals surface area contributed by atoms with Crippen LogP contribution in [-0.4, -0.2) is 126 Å². The normalized spacial score (nSPS) is 32.9. The molecule has 2 saturated heterocycles. The Morgan fingerprint density at radius 1 is 1.16 bits per heavy atom. The lowest BCUT2D eigenvalue weighted by Gasteiger charge is -2.36. The summed E-state index contributed by atoms with van der Waals surface area (Å²) in [5.74, 6) is -1.04. The predicted molar refractivity (Wildman–Crippen MR) is 162 cm³/mol. The number of hydrogen-bond donors (Lipinski definition) is 2. The summed E-state index contributed by atoms with van der Waals surface area (Å²) in [7, 11) is 1.99. The van der Waals surface area contributed by atoms with Crippen LogP contribution in [0.25, 0.3) is 0 Å². The molecule has 7 atom stereocenters. The van der Waals surface area contributed by atoms with Gasteiger partial charge in [0.1, 0.15) is 17.9 Å². The molecule has 2 N–H and O–H groups in total. The van der Waals surface area contributed by atoms with E-state index in [2.05, 4.69) is 4.90 Å². The van der Waals surface area contributed by atoms with Crippen LogP contribution in [0.3, 0.4) is 0 Å². The van der Waals surface area contributed by atoms with Gasteiger partial charge in [0, 0.05) is 44.6 Å². The van der Waals surface area contributed by atoms with Crippen LogP contribution < -0.4 is 0 Å². The topological polar surface area (TPSA) is 129 Å². The second-order valence-electron chi connectivity index (χ2n) is 12.7. The number of cyclic esters (lactones) is 1. The van der Waals surface area contributed by atoms with Crippen LogP contribution in [0.15, 0.2) is 36.0 Å². The number of likely N-dealkylation sites (N-methyl/N-ethyl adjacent to an activating group) is 1. The van der Waals surface area contributed by atoms with Crippen molar-refractivity contribution in [1.29, 1.82) is 0 Å². The molecule has 11 nitrogen and oxygen atoms in total. The van der Waals surface area contributed by atoms with E-state index in [0.717, 1.165) is 18.7 Å². The molecule has 2 amide bonds. The number of allylic oxidation sites excluding steroid dienone is 2. The van der Waals surface area contributed by atoms with Gasteiger partial charge >= 0.3 is 18.2 Å². The van der Waals surface area contributed by atoms with Crippen molar-refractivity contribution in [2.24, 2.45) is 11.8 Å². The van der Waals surface area contributed by atoms with Crippen LogP contribution >= 0.6 is 0 Å². The van der Waals surface area contributed by atoms with Crippen LogP contribution in [0.5, 0.6) is 0 Å². The summed E-state index contributed by atoms with van der Waals surface area (Å²) in [5.41, 5.74) is -0.751. The van der Waals surface area contributed by atoms with Gasteiger partial charge in [-0.05, 0) is 51.8 Å². The quantitative estimate of drug-likeness (QED) is 0.198. The minimum atomic E-state index is -1.48. The number of carbonyl (C=O) groups is 3. The first-order valence-electron chi connectivity index (χ1n) is 15.6. The lowest BCUT2D eigenvalue weighted by Crippen LogP contribution is -2.50. The fraction of sp³-hybridized carbons (Fsp3) is 0.719. The Balaban J connectivity index is 1.70. The molecule has 3 rings (SSSR count). The smallest absolute Gasteiger partial charge is 0.410 e. The van der Waals surface area contributed by atoms with Crippen molar-refractivity contribution in [3.63, 3.8) is 0 Å². The molecule has 0 spiro atoms. The van der Waals surface area contributed by atoms with Crippen LogP contribution in [0.2, 0.25) is 0 Å². The minimum absolute atomic E-state index is 0.0612. The Kier molecular flexibility index (Phi) is 13.2. The number of carbonyl (C=O) groups excluding carboxylic acids is 3. The Labute approximate surface area is 260 Å². The zero-order valence-corrected chi connectivity index (χ0v) is 26.7. The third-order valence-corrected chi connectivity index (χ3v) is 8.42. The number of hydrogen-bond acceptors (Lipinski definition) is 9. The maximum Gasteiger partial charge on any atom is 0.410 e. The third kappa shape index (κ3) is 10.9. The van der Waals surface area contributed by atoms with Crippen molar-refractivity contribution in [3.05, 3.63) is 36.0 Å². The molecule has 0 saturated carbocycles. The van der Waals surface area contributed by atoms with Gasteiger partial charge in [-0.25, -0.2) is 14.0 Å². The molecule has 0 aromatic carbocycles. The van der Waals surface area contributed by atoms with Gasteiger partial charge in [-0.3, -0.25) is 4.79 Å². The molecule has 3 aliphatic rings. The summed E-state index contributed by atoms with van der Waals surface area (Å²) in [5, 5.41) is 21.8. The number of likely N-dealkylation sites (tertiary alicyclic amines) is 1. The zero-order chi connectivity index (χ0) is 32.4. The van der Waals surface area contributed by atoms with Gasteiger partial charge in [0.2, 0.25) is 0 Å².